The van der Waals surface area contributed by atoms with Crippen molar-refractivity contribution < 1.29 is 23.9 Å². The van der Waals surface area contributed by atoms with Crippen LogP contribution in [0.5, 0.6) is 0 Å². The summed E-state index contributed by atoms with van der Waals surface area (Å²) in [4.78, 5) is 55.0. The summed E-state index contributed by atoms with van der Waals surface area (Å²) in [7, 11) is 1.24. The summed E-state index contributed by atoms with van der Waals surface area (Å²) in [5.41, 5.74) is 2.29. The maximum atomic E-state index is 13.6. The molecule has 8 nitrogen and oxygen atoms in total. The second kappa shape index (κ2) is 11.3. The molecule has 1 N–H and O–H groups in total. The molecule has 0 unspecified atom stereocenters. The van der Waals surface area contributed by atoms with Gasteiger partial charge in [-0.05, 0) is 36.2 Å². The molecule has 1 aliphatic rings. The van der Waals surface area contributed by atoms with Gasteiger partial charge < -0.3 is 15.0 Å². The molecule has 3 aromatic rings. The number of hydrogen-bond donors (Lipinski definition) is 1. The molecule has 0 saturated carbocycles. The highest BCUT2D eigenvalue weighted by Crippen LogP contribution is 2.33. The molecule has 0 spiro atoms. The van der Waals surface area contributed by atoms with Crippen LogP contribution in [0.25, 0.3) is 0 Å². The third-order valence-electron chi connectivity index (χ3n) is 6.02. The predicted octanol–water partition coefficient (Wildman–Crippen LogP) is 2.97. The minimum Gasteiger partial charge on any atom is -0.468 e. The molecular weight excluding hydrogens is 458 g/mol. The number of carbonyl (C=O) groups excluding carboxylic acids is 4. The van der Waals surface area contributed by atoms with Crippen LogP contribution in [0.4, 0.5) is 11.4 Å². The molecule has 0 saturated heterocycles. The lowest BCUT2D eigenvalue weighted by Gasteiger charge is -2.25. The SMILES string of the molecule is COC(=O)CN1C(=O)[C@@H](NC(=O)c2ccccc2)CN(C(=O)CCc2ccccc2)c2ccccc21. The Hall–Kier alpha value is -4.46. The first-order chi connectivity index (χ1) is 17.5. The van der Waals surface area contributed by atoms with Gasteiger partial charge in [-0.25, -0.2) is 0 Å². The number of anilines is 2. The standard InChI is InChI=1S/C28H27N3O5/c1-36-26(33)19-31-24-15-9-8-14-23(24)30(25(32)17-16-20-10-4-2-5-11-20)18-22(28(31)35)29-27(34)21-12-6-3-7-13-21/h2-15,22H,16-19H2,1H3,(H,29,34)/t22-/m0/s1. The van der Waals surface area contributed by atoms with E-state index < -0.39 is 23.8 Å². The molecule has 1 aliphatic heterocycles. The quantitative estimate of drug-likeness (QED) is 0.519. The highest BCUT2D eigenvalue weighted by molar-refractivity contribution is 6.10. The first-order valence-electron chi connectivity index (χ1n) is 11.7. The second-order valence-electron chi connectivity index (χ2n) is 8.37. The fourth-order valence-corrected chi connectivity index (χ4v) is 4.15. The van der Waals surface area contributed by atoms with E-state index in [2.05, 4.69) is 5.32 Å². The molecule has 0 bridgehead atoms. The normalized spacial score (nSPS) is 15.0. The van der Waals surface area contributed by atoms with E-state index in [0.29, 0.717) is 23.4 Å². The van der Waals surface area contributed by atoms with Gasteiger partial charge in [0.25, 0.3) is 11.8 Å². The Kier molecular flexibility index (Phi) is 7.75. The molecular formula is C28H27N3O5. The van der Waals surface area contributed by atoms with Gasteiger partial charge in [0.05, 0.1) is 25.0 Å². The van der Waals surface area contributed by atoms with Gasteiger partial charge >= 0.3 is 5.97 Å². The lowest BCUT2D eigenvalue weighted by atomic mass is 10.1. The summed E-state index contributed by atoms with van der Waals surface area (Å²) in [6.07, 6.45) is 0.738. The van der Waals surface area contributed by atoms with Crippen molar-refractivity contribution in [2.45, 2.75) is 18.9 Å². The zero-order valence-electron chi connectivity index (χ0n) is 19.9. The number of carbonyl (C=O) groups is 4. The van der Waals surface area contributed by atoms with E-state index in [1.54, 1.807) is 54.6 Å². The van der Waals surface area contributed by atoms with E-state index >= 15 is 0 Å². The summed E-state index contributed by atoms with van der Waals surface area (Å²) in [5.74, 6) is -1.77. The van der Waals surface area contributed by atoms with Crippen molar-refractivity contribution >= 4 is 35.1 Å². The van der Waals surface area contributed by atoms with Gasteiger partial charge in [-0.2, -0.15) is 0 Å². The maximum Gasteiger partial charge on any atom is 0.325 e. The number of para-hydroxylation sites is 2. The number of nitrogens with one attached hydrogen (secondary N) is 1. The van der Waals surface area contributed by atoms with E-state index in [0.717, 1.165) is 5.56 Å². The molecule has 4 rings (SSSR count). The number of benzene rings is 3. The van der Waals surface area contributed by atoms with Crippen molar-refractivity contribution in [1.29, 1.82) is 0 Å². The summed E-state index contributed by atoms with van der Waals surface area (Å²) in [5, 5.41) is 2.76. The van der Waals surface area contributed by atoms with Crippen molar-refractivity contribution in [3.63, 3.8) is 0 Å². The van der Waals surface area contributed by atoms with Crippen molar-refractivity contribution in [3.8, 4) is 0 Å². The fourth-order valence-electron chi connectivity index (χ4n) is 4.15. The molecule has 1 atom stereocenters. The fraction of sp³-hybridized carbons (Fsp3) is 0.214. The second-order valence-corrected chi connectivity index (χ2v) is 8.37. The largest absolute Gasteiger partial charge is 0.468 e. The molecule has 36 heavy (non-hydrogen) atoms. The number of fused-ring (bicyclic) bond motifs is 1. The zero-order valence-corrected chi connectivity index (χ0v) is 19.9. The van der Waals surface area contributed by atoms with Gasteiger partial charge in [0, 0.05) is 12.0 Å². The molecule has 3 amide bonds. The van der Waals surface area contributed by atoms with Crippen LogP contribution in [-0.2, 0) is 25.5 Å². The van der Waals surface area contributed by atoms with Gasteiger partial charge in [0.1, 0.15) is 12.6 Å². The Balaban J connectivity index is 1.67. The van der Waals surface area contributed by atoms with E-state index in [9.17, 15) is 19.2 Å². The van der Waals surface area contributed by atoms with Crippen molar-refractivity contribution in [1.82, 2.24) is 5.32 Å². The number of aryl methyl sites for hydroxylation is 1. The van der Waals surface area contributed by atoms with Crippen molar-refractivity contribution in [3.05, 3.63) is 96.1 Å². The van der Waals surface area contributed by atoms with Crippen LogP contribution in [0.15, 0.2) is 84.9 Å². The third kappa shape index (κ3) is 5.60. The number of rotatable bonds is 7. The minimum atomic E-state index is -1.07. The molecule has 0 aliphatic carbocycles. The van der Waals surface area contributed by atoms with Gasteiger partial charge in [-0.3, -0.25) is 24.1 Å². The van der Waals surface area contributed by atoms with Crippen LogP contribution in [0.1, 0.15) is 22.3 Å². The molecule has 0 radical (unpaired) electrons. The Labute approximate surface area is 209 Å². The summed E-state index contributed by atoms with van der Waals surface area (Å²) < 4.78 is 4.80. The Morgan fingerprint density at radius 2 is 1.50 bits per heavy atom. The molecule has 8 heteroatoms. The van der Waals surface area contributed by atoms with Crippen LogP contribution in [0.3, 0.4) is 0 Å². The molecule has 3 aromatic carbocycles. The number of amides is 3. The summed E-state index contributed by atoms with van der Waals surface area (Å²) in [6, 6.07) is 24.0. The average molecular weight is 486 g/mol. The topological polar surface area (TPSA) is 96.0 Å². The van der Waals surface area contributed by atoms with Gasteiger partial charge in [-0.1, -0.05) is 60.7 Å². The average Bonchev–Trinajstić information content (AvgIpc) is 3.03. The lowest BCUT2D eigenvalue weighted by Crippen LogP contribution is -2.53. The summed E-state index contributed by atoms with van der Waals surface area (Å²) in [6.45, 7) is -0.421. The monoisotopic (exact) mass is 485 g/mol. The van der Waals surface area contributed by atoms with E-state index in [4.69, 9.17) is 4.74 Å². The number of esters is 1. The maximum absolute atomic E-state index is 13.6. The third-order valence-corrected chi connectivity index (χ3v) is 6.02. The van der Waals surface area contributed by atoms with Crippen LogP contribution >= 0.6 is 0 Å². The molecule has 184 valence electrons. The molecule has 0 aromatic heterocycles. The Morgan fingerprint density at radius 1 is 0.889 bits per heavy atom. The molecule has 1 heterocycles. The van der Waals surface area contributed by atoms with Crippen LogP contribution < -0.4 is 15.1 Å². The van der Waals surface area contributed by atoms with E-state index in [1.165, 1.54) is 16.9 Å². The number of hydrogen-bond acceptors (Lipinski definition) is 5. The van der Waals surface area contributed by atoms with Crippen molar-refractivity contribution in [2.24, 2.45) is 0 Å². The zero-order chi connectivity index (χ0) is 25.5. The smallest absolute Gasteiger partial charge is 0.325 e. The predicted molar refractivity (Wildman–Crippen MR) is 136 cm³/mol. The number of methoxy groups -OCH3 is 1. The highest BCUT2D eigenvalue weighted by atomic mass is 16.5. The van der Waals surface area contributed by atoms with E-state index in [1.807, 2.05) is 30.3 Å². The van der Waals surface area contributed by atoms with Crippen LogP contribution in [0, 0.1) is 0 Å². The molecule has 0 fully saturated rings. The van der Waals surface area contributed by atoms with Crippen LogP contribution in [-0.4, -0.2) is 49.9 Å². The van der Waals surface area contributed by atoms with Crippen molar-refractivity contribution in [2.75, 3.05) is 30.0 Å². The first kappa shape index (κ1) is 24.7. The Morgan fingerprint density at radius 3 is 2.17 bits per heavy atom. The van der Waals surface area contributed by atoms with Crippen LogP contribution in [0.2, 0.25) is 0 Å². The number of ether oxygens (including phenoxy) is 1. The lowest BCUT2D eigenvalue weighted by molar-refractivity contribution is -0.140. The highest BCUT2D eigenvalue weighted by Gasteiger charge is 2.37. The summed E-state index contributed by atoms with van der Waals surface area (Å²) >= 11 is 0. The Bertz CT molecular complexity index is 1250. The van der Waals surface area contributed by atoms with Gasteiger partial charge in [0.2, 0.25) is 5.91 Å². The van der Waals surface area contributed by atoms with Gasteiger partial charge in [0.15, 0.2) is 0 Å². The minimum absolute atomic E-state index is 0.0697. The number of nitrogens with zero attached hydrogens (tertiary/aromatic N) is 2. The van der Waals surface area contributed by atoms with E-state index in [-0.39, 0.29) is 25.4 Å². The first-order valence-corrected chi connectivity index (χ1v) is 11.7. The van der Waals surface area contributed by atoms with Gasteiger partial charge in [-0.15, -0.1) is 0 Å².